The average Bonchev–Trinajstić information content (AvgIpc) is 2.46. The molecule has 108 valence electrons. The van der Waals surface area contributed by atoms with Crippen LogP contribution in [0.2, 0.25) is 0 Å². The summed E-state index contributed by atoms with van der Waals surface area (Å²) in [6.45, 7) is 2.52. The van der Waals surface area contributed by atoms with Crippen molar-refractivity contribution in [1.82, 2.24) is 0 Å². The van der Waals surface area contributed by atoms with E-state index < -0.39 is 0 Å². The second-order valence-electron chi connectivity index (χ2n) is 5.01. The van der Waals surface area contributed by atoms with Crippen molar-refractivity contribution < 1.29 is 9.53 Å². The number of amides is 1. The third-order valence-electron chi connectivity index (χ3n) is 3.68. The molecule has 0 saturated heterocycles. The molecule has 21 heavy (non-hydrogen) atoms. The van der Waals surface area contributed by atoms with Gasteiger partial charge in [0.1, 0.15) is 5.75 Å². The largest absolute Gasteiger partial charge is 0.482 e. The molecule has 0 radical (unpaired) electrons. The summed E-state index contributed by atoms with van der Waals surface area (Å²) in [5.74, 6) is 0.668. The van der Waals surface area contributed by atoms with Crippen molar-refractivity contribution >= 4 is 33.2 Å². The molecule has 2 aromatic rings. The highest BCUT2D eigenvalue weighted by Gasteiger charge is 2.26. The standard InChI is InChI=1S/C16H15BrN2O2/c1-10-11(3-2-4-13(10)18)8-19-14-7-12(17)5-6-15(14)21-9-16(19)20/h2-7H,8-9,18H2,1H3. The van der Waals surface area contributed by atoms with Gasteiger partial charge in [0.25, 0.3) is 5.91 Å². The third kappa shape index (κ3) is 2.61. The van der Waals surface area contributed by atoms with Crippen LogP contribution in [0.3, 0.4) is 0 Å². The number of hydrogen-bond donors (Lipinski definition) is 1. The molecule has 0 aliphatic carbocycles. The zero-order valence-electron chi connectivity index (χ0n) is 11.6. The van der Waals surface area contributed by atoms with Gasteiger partial charge in [0.15, 0.2) is 6.61 Å². The minimum atomic E-state index is -0.0533. The number of nitrogen functional groups attached to an aromatic ring is 1. The molecule has 4 nitrogen and oxygen atoms in total. The summed E-state index contributed by atoms with van der Waals surface area (Å²) in [7, 11) is 0. The summed E-state index contributed by atoms with van der Waals surface area (Å²) in [4.78, 5) is 14.0. The van der Waals surface area contributed by atoms with Crippen molar-refractivity contribution in [1.29, 1.82) is 0 Å². The molecule has 0 spiro atoms. The van der Waals surface area contributed by atoms with Crippen molar-refractivity contribution in [2.24, 2.45) is 0 Å². The maximum atomic E-state index is 12.2. The number of halogens is 1. The summed E-state index contributed by atoms with van der Waals surface area (Å²) in [5.41, 5.74) is 9.51. The molecule has 0 unspecified atom stereocenters. The molecule has 1 heterocycles. The van der Waals surface area contributed by atoms with E-state index in [0.717, 1.165) is 32.7 Å². The Balaban J connectivity index is 2.00. The summed E-state index contributed by atoms with van der Waals surface area (Å²) in [6, 6.07) is 11.4. The van der Waals surface area contributed by atoms with Gasteiger partial charge in [-0.2, -0.15) is 0 Å². The second-order valence-corrected chi connectivity index (χ2v) is 5.93. The van der Waals surface area contributed by atoms with Crippen LogP contribution in [0.1, 0.15) is 11.1 Å². The van der Waals surface area contributed by atoms with Gasteiger partial charge in [0, 0.05) is 10.2 Å². The quantitative estimate of drug-likeness (QED) is 0.849. The van der Waals surface area contributed by atoms with Gasteiger partial charge in [-0.05, 0) is 42.3 Å². The number of nitrogens with zero attached hydrogens (tertiary/aromatic N) is 1. The van der Waals surface area contributed by atoms with Crippen LogP contribution in [0.5, 0.6) is 5.75 Å². The lowest BCUT2D eigenvalue weighted by Gasteiger charge is -2.30. The number of carbonyl (C=O) groups excluding carboxylic acids is 1. The Kier molecular flexibility index (Phi) is 3.59. The van der Waals surface area contributed by atoms with Crippen molar-refractivity contribution in [2.45, 2.75) is 13.5 Å². The Morgan fingerprint density at radius 2 is 2.14 bits per heavy atom. The molecule has 0 aromatic heterocycles. The van der Waals surface area contributed by atoms with Crippen LogP contribution in [-0.4, -0.2) is 12.5 Å². The van der Waals surface area contributed by atoms with Gasteiger partial charge in [-0.1, -0.05) is 28.1 Å². The van der Waals surface area contributed by atoms with Crippen molar-refractivity contribution in [3.8, 4) is 5.75 Å². The maximum absolute atomic E-state index is 12.2. The van der Waals surface area contributed by atoms with Crippen LogP contribution in [0.15, 0.2) is 40.9 Å². The average molecular weight is 347 g/mol. The van der Waals surface area contributed by atoms with Crippen LogP contribution in [-0.2, 0) is 11.3 Å². The Morgan fingerprint density at radius 3 is 2.95 bits per heavy atom. The number of carbonyl (C=O) groups is 1. The topological polar surface area (TPSA) is 55.6 Å². The molecule has 3 rings (SSSR count). The SMILES string of the molecule is Cc1c(N)cccc1CN1C(=O)COc2ccc(Br)cc21. The van der Waals surface area contributed by atoms with E-state index >= 15 is 0 Å². The highest BCUT2D eigenvalue weighted by atomic mass is 79.9. The van der Waals surface area contributed by atoms with Gasteiger partial charge < -0.3 is 15.4 Å². The van der Waals surface area contributed by atoms with Gasteiger partial charge in [-0.25, -0.2) is 0 Å². The Labute approximate surface area is 131 Å². The lowest BCUT2D eigenvalue weighted by Crippen LogP contribution is -2.38. The second kappa shape index (κ2) is 5.41. The van der Waals surface area contributed by atoms with E-state index in [0.29, 0.717) is 6.54 Å². The Morgan fingerprint density at radius 1 is 1.33 bits per heavy atom. The van der Waals surface area contributed by atoms with Gasteiger partial charge in [-0.15, -0.1) is 0 Å². The number of benzene rings is 2. The summed E-state index contributed by atoms with van der Waals surface area (Å²) >= 11 is 3.44. The van der Waals surface area contributed by atoms with Crippen LogP contribution < -0.4 is 15.4 Å². The molecule has 1 amide bonds. The fourth-order valence-corrected chi connectivity index (χ4v) is 2.74. The number of hydrogen-bond acceptors (Lipinski definition) is 3. The summed E-state index contributed by atoms with van der Waals surface area (Å²) in [5, 5.41) is 0. The van der Waals surface area contributed by atoms with Gasteiger partial charge >= 0.3 is 0 Å². The Bertz CT molecular complexity index is 715. The zero-order valence-corrected chi connectivity index (χ0v) is 13.2. The lowest BCUT2D eigenvalue weighted by atomic mass is 10.1. The zero-order chi connectivity index (χ0) is 15.0. The number of ether oxygens (including phenoxy) is 1. The van der Waals surface area contributed by atoms with Gasteiger partial charge in [-0.3, -0.25) is 4.79 Å². The molecule has 2 N–H and O–H groups in total. The Hall–Kier alpha value is -2.01. The first-order chi connectivity index (χ1) is 10.1. The molecule has 0 saturated carbocycles. The van der Waals surface area contributed by atoms with E-state index in [9.17, 15) is 4.79 Å². The molecule has 5 heteroatoms. The summed E-state index contributed by atoms with van der Waals surface area (Å²) < 4.78 is 6.39. The van der Waals surface area contributed by atoms with E-state index in [1.807, 2.05) is 43.3 Å². The molecule has 0 fully saturated rings. The lowest BCUT2D eigenvalue weighted by molar-refractivity contribution is -0.121. The van der Waals surface area contributed by atoms with E-state index in [4.69, 9.17) is 10.5 Å². The molecular weight excluding hydrogens is 332 g/mol. The predicted octanol–water partition coefficient (Wildman–Crippen LogP) is 3.27. The first kappa shape index (κ1) is 13.9. The number of anilines is 2. The van der Waals surface area contributed by atoms with Crippen molar-refractivity contribution in [2.75, 3.05) is 17.2 Å². The predicted molar refractivity (Wildman–Crippen MR) is 86.4 cm³/mol. The monoisotopic (exact) mass is 346 g/mol. The number of fused-ring (bicyclic) bond motifs is 1. The molecule has 0 atom stereocenters. The minimum Gasteiger partial charge on any atom is -0.482 e. The first-order valence-corrected chi connectivity index (χ1v) is 7.42. The fraction of sp³-hybridized carbons (Fsp3) is 0.188. The van der Waals surface area contributed by atoms with Gasteiger partial charge in [0.05, 0.1) is 12.2 Å². The highest BCUT2D eigenvalue weighted by molar-refractivity contribution is 9.10. The molecule has 1 aliphatic rings. The van der Waals surface area contributed by atoms with E-state index in [1.165, 1.54) is 0 Å². The maximum Gasteiger partial charge on any atom is 0.265 e. The fourth-order valence-electron chi connectivity index (χ4n) is 2.39. The molecule has 2 aromatic carbocycles. The molecular formula is C16H15BrN2O2. The molecule has 1 aliphatic heterocycles. The number of rotatable bonds is 2. The van der Waals surface area contributed by atoms with Crippen molar-refractivity contribution in [3.63, 3.8) is 0 Å². The van der Waals surface area contributed by atoms with E-state index in [1.54, 1.807) is 4.90 Å². The van der Waals surface area contributed by atoms with E-state index in [2.05, 4.69) is 15.9 Å². The first-order valence-electron chi connectivity index (χ1n) is 6.63. The summed E-state index contributed by atoms with van der Waals surface area (Å²) in [6.07, 6.45) is 0. The van der Waals surface area contributed by atoms with Crippen LogP contribution in [0, 0.1) is 6.92 Å². The number of nitrogens with two attached hydrogens (primary N) is 1. The van der Waals surface area contributed by atoms with Crippen LogP contribution in [0.4, 0.5) is 11.4 Å². The third-order valence-corrected chi connectivity index (χ3v) is 4.17. The molecule has 0 bridgehead atoms. The normalized spacial score (nSPS) is 13.8. The minimum absolute atomic E-state index is 0.0533. The van der Waals surface area contributed by atoms with Crippen molar-refractivity contribution in [3.05, 3.63) is 52.0 Å². The highest BCUT2D eigenvalue weighted by Crippen LogP contribution is 2.35. The van der Waals surface area contributed by atoms with E-state index in [-0.39, 0.29) is 12.5 Å². The van der Waals surface area contributed by atoms with Crippen LogP contribution in [0.25, 0.3) is 0 Å². The van der Waals surface area contributed by atoms with Crippen LogP contribution >= 0.6 is 15.9 Å². The van der Waals surface area contributed by atoms with Gasteiger partial charge in [0.2, 0.25) is 0 Å². The smallest absolute Gasteiger partial charge is 0.265 e.